The lowest BCUT2D eigenvalue weighted by Gasteiger charge is -2.22. The van der Waals surface area contributed by atoms with Crippen LogP contribution in [-0.4, -0.2) is 55.8 Å². The van der Waals surface area contributed by atoms with Crippen molar-refractivity contribution in [1.82, 2.24) is 9.88 Å². The molecule has 5 nitrogen and oxygen atoms in total. The third-order valence-electron chi connectivity index (χ3n) is 4.76. The molecule has 168 valence electrons. The molecule has 3 aromatic rings. The van der Waals surface area contributed by atoms with E-state index in [4.69, 9.17) is 9.72 Å². The normalized spacial score (nSPS) is 10.9. The summed E-state index contributed by atoms with van der Waals surface area (Å²) in [4.78, 5) is 23.1. The fourth-order valence-electron chi connectivity index (χ4n) is 3.07. The number of aryl methyl sites for hydroxylation is 1. The number of rotatable bonds is 10. The fraction of sp³-hybridized carbons (Fsp3) is 0.391. The van der Waals surface area contributed by atoms with Gasteiger partial charge in [-0.2, -0.15) is 0 Å². The van der Waals surface area contributed by atoms with E-state index in [1.54, 1.807) is 30.2 Å². The van der Waals surface area contributed by atoms with Gasteiger partial charge < -0.3 is 9.64 Å². The van der Waals surface area contributed by atoms with E-state index >= 15 is 0 Å². The monoisotopic (exact) mass is 479 g/mol. The Morgan fingerprint density at radius 3 is 2.55 bits per heavy atom. The highest BCUT2D eigenvalue weighted by atomic mass is 35.5. The lowest BCUT2D eigenvalue weighted by Crippen LogP contribution is -2.36. The first kappa shape index (κ1) is 25.5. The third kappa shape index (κ3) is 6.84. The van der Waals surface area contributed by atoms with Crippen LogP contribution in [0, 0.1) is 6.92 Å². The van der Waals surface area contributed by atoms with Crippen molar-refractivity contribution in [2.75, 3.05) is 44.9 Å². The molecule has 0 saturated carbocycles. The highest BCUT2D eigenvalue weighted by Gasteiger charge is 2.21. The molecule has 1 heterocycles. The van der Waals surface area contributed by atoms with Gasteiger partial charge in [0.15, 0.2) is 5.13 Å². The van der Waals surface area contributed by atoms with Crippen LogP contribution in [0.15, 0.2) is 47.4 Å². The zero-order chi connectivity index (χ0) is 21.5. The topological polar surface area (TPSA) is 45.7 Å². The summed E-state index contributed by atoms with van der Waals surface area (Å²) in [6.07, 6.45) is 1.35. The Morgan fingerprint density at radius 1 is 1.13 bits per heavy atom. The van der Waals surface area contributed by atoms with Crippen molar-refractivity contribution in [2.45, 2.75) is 24.7 Å². The number of thiazole rings is 1. The SMILES string of the molecule is COc1ccc(C)c2sc(N(CCN(C)C)C(=O)CCCSc3ccccc3)nc12.Cl. The van der Waals surface area contributed by atoms with E-state index in [1.807, 2.05) is 49.3 Å². The molecule has 0 N–H and O–H groups in total. The van der Waals surface area contributed by atoms with Gasteiger partial charge >= 0.3 is 0 Å². The average molecular weight is 480 g/mol. The number of benzene rings is 2. The molecule has 2 aromatic carbocycles. The standard InChI is InChI=1S/C23H29N3O2S2.ClH/c1-17-12-13-19(28-4)21-22(17)30-23(24-21)26(15-14-25(2)3)20(27)11-8-16-29-18-9-6-5-7-10-18;/h5-7,9-10,12-13H,8,11,14-16H2,1-4H3;1H. The maximum atomic E-state index is 13.1. The van der Waals surface area contributed by atoms with Crippen LogP contribution in [0.25, 0.3) is 10.2 Å². The third-order valence-corrected chi connectivity index (χ3v) is 7.07. The van der Waals surface area contributed by atoms with E-state index in [0.717, 1.165) is 45.4 Å². The second-order valence-electron chi connectivity index (χ2n) is 7.37. The number of anilines is 1. The van der Waals surface area contributed by atoms with Gasteiger partial charge in [-0.05, 0) is 57.0 Å². The second kappa shape index (κ2) is 12.3. The van der Waals surface area contributed by atoms with Gasteiger partial charge in [-0.3, -0.25) is 9.69 Å². The van der Waals surface area contributed by atoms with Crippen LogP contribution in [0.3, 0.4) is 0 Å². The molecule has 3 rings (SSSR count). The first-order valence-electron chi connectivity index (χ1n) is 10.1. The van der Waals surface area contributed by atoms with E-state index in [9.17, 15) is 4.79 Å². The van der Waals surface area contributed by atoms with Crippen LogP contribution in [0.4, 0.5) is 5.13 Å². The maximum Gasteiger partial charge on any atom is 0.228 e. The minimum absolute atomic E-state index is 0. The number of fused-ring (bicyclic) bond motifs is 1. The van der Waals surface area contributed by atoms with Crippen molar-refractivity contribution in [3.63, 3.8) is 0 Å². The van der Waals surface area contributed by atoms with Crippen LogP contribution in [0.5, 0.6) is 5.75 Å². The van der Waals surface area contributed by atoms with E-state index in [2.05, 4.69) is 24.0 Å². The van der Waals surface area contributed by atoms with Crippen LogP contribution in [0.1, 0.15) is 18.4 Å². The number of hydrogen-bond donors (Lipinski definition) is 0. The molecule has 0 radical (unpaired) electrons. The Balaban J connectivity index is 0.00000341. The summed E-state index contributed by atoms with van der Waals surface area (Å²) in [7, 11) is 5.69. The molecule has 0 fully saturated rings. The Morgan fingerprint density at radius 2 is 1.87 bits per heavy atom. The highest BCUT2D eigenvalue weighted by Crippen LogP contribution is 2.36. The molecule has 0 aliphatic heterocycles. The Bertz CT molecular complexity index is 980. The van der Waals surface area contributed by atoms with E-state index in [-0.39, 0.29) is 18.3 Å². The Kier molecular flexibility index (Phi) is 10.1. The van der Waals surface area contributed by atoms with Crippen molar-refractivity contribution in [2.24, 2.45) is 0 Å². The number of aromatic nitrogens is 1. The number of amides is 1. The fourth-order valence-corrected chi connectivity index (χ4v) is 5.04. The number of nitrogens with zero attached hydrogens (tertiary/aromatic N) is 3. The van der Waals surface area contributed by atoms with Crippen LogP contribution < -0.4 is 9.64 Å². The minimum atomic E-state index is 0. The molecule has 0 spiro atoms. The molecular formula is C23H30ClN3O2S2. The molecule has 0 saturated heterocycles. The molecule has 0 unspecified atom stereocenters. The summed E-state index contributed by atoms with van der Waals surface area (Å²) >= 11 is 3.36. The lowest BCUT2D eigenvalue weighted by atomic mass is 10.2. The smallest absolute Gasteiger partial charge is 0.228 e. The van der Waals surface area contributed by atoms with Gasteiger partial charge in [0.2, 0.25) is 5.91 Å². The van der Waals surface area contributed by atoms with Crippen molar-refractivity contribution >= 4 is 56.8 Å². The van der Waals surface area contributed by atoms with E-state index < -0.39 is 0 Å². The average Bonchev–Trinajstić information content (AvgIpc) is 3.18. The minimum Gasteiger partial charge on any atom is -0.494 e. The number of hydrogen-bond acceptors (Lipinski definition) is 6. The summed E-state index contributed by atoms with van der Waals surface area (Å²) in [6.45, 7) is 3.48. The molecule has 1 aromatic heterocycles. The molecule has 0 aliphatic carbocycles. The van der Waals surface area contributed by atoms with Gasteiger partial charge in [0.25, 0.3) is 0 Å². The summed E-state index contributed by atoms with van der Waals surface area (Å²) < 4.78 is 6.56. The summed E-state index contributed by atoms with van der Waals surface area (Å²) in [5.74, 6) is 1.79. The molecule has 0 atom stereocenters. The van der Waals surface area contributed by atoms with Crippen molar-refractivity contribution in [3.8, 4) is 5.75 Å². The molecule has 0 bridgehead atoms. The largest absolute Gasteiger partial charge is 0.494 e. The molecular weight excluding hydrogens is 450 g/mol. The van der Waals surface area contributed by atoms with Crippen LogP contribution in [0.2, 0.25) is 0 Å². The zero-order valence-electron chi connectivity index (χ0n) is 18.5. The van der Waals surface area contributed by atoms with E-state index in [1.165, 1.54) is 4.90 Å². The van der Waals surface area contributed by atoms with Gasteiger partial charge in [-0.25, -0.2) is 4.98 Å². The van der Waals surface area contributed by atoms with Crippen molar-refractivity contribution in [1.29, 1.82) is 0 Å². The summed E-state index contributed by atoms with van der Waals surface area (Å²) in [5.41, 5.74) is 1.98. The van der Waals surface area contributed by atoms with Crippen LogP contribution >= 0.6 is 35.5 Å². The molecule has 8 heteroatoms. The van der Waals surface area contributed by atoms with E-state index in [0.29, 0.717) is 13.0 Å². The van der Waals surface area contributed by atoms with Crippen molar-refractivity contribution in [3.05, 3.63) is 48.0 Å². The van der Waals surface area contributed by atoms with Gasteiger partial charge in [0.1, 0.15) is 11.3 Å². The number of likely N-dealkylation sites (N-methyl/N-ethyl adjacent to an activating group) is 1. The molecule has 31 heavy (non-hydrogen) atoms. The number of halogens is 1. The number of carbonyl (C=O) groups is 1. The predicted molar refractivity (Wildman–Crippen MR) is 135 cm³/mol. The zero-order valence-corrected chi connectivity index (χ0v) is 20.9. The van der Waals surface area contributed by atoms with Gasteiger partial charge in [0.05, 0.1) is 11.8 Å². The number of ether oxygens (including phenoxy) is 1. The summed E-state index contributed by atoms with van der Waals surface area (Å²) in [6, 6.07) is 14.3. The first-order chi connectivity index (χ1) is 14.5. The lowest BCUT2D eigenvalue weighted by molar-refractivity contribution is -0.118. The number of thioether (sulfide) groups is 1. The number of methoxy groups -OCH3 is 1. The Hall–Kier alpha value is -1.80. The number of carbonyl (C=O) groups excluding carboxylic acids is 1. The van der Waals surface area contributed by atoms with Gasteiger partial charge in [-0.15, -0.1) is 24.2 Å². The second-order valence-corrected chi connectivity index (χ2v) is 9.52. The molecule has 1 amide bonds. The highest BCUT2D eigenvalue weighted by molar-refractivity contribution is 7.99. The van der Waals surface area contributed by atoms with Gasteiger partial charge in [0, 0.05) is 24.4 Å². The Labute approximate surface area is 199 Å². The maximum absolute atomic E-state index is 13.1. The summed E-state index contributed by atoms with van der Waals surface area (Å²) in [5, 5.41) is 0.750. The van der Waals surface area contributed by atoms with Crippen LogP contribution in [-0.2, 0) is 4.79 Å². The quantitative estimate of drug-likeness (QED) is 0.283. The predicted octanol–water partition coefficient (Wildman–Crippen LogP) is 5.50. The van der Waals surface area contributed by atoms with Crippen molar-refractivity contribution < 1.29 is 9.53 Å². The van der Waals surface area contributed by atoms with Gasteiger partial charge in [-0.1, -0.05) is 35.6 Å². The first-order valence-corrected chi connectivity index (χ1v) is 11.9. The molecule has 0 aliphatic rings.